The van der Waals surface area contributed by atoms with Gasteiger partial charge >= 0.3 is 6.18 Å². The Hall–Kier alpha value is -4.84. The number of aromatic nitrogens is 4. The molecular formula is C28H20F3N5O. The maximum Gasteiger partial charge on any atom is 0.416 e. The Labute approximate surface area is 210 Å². The van der Waals surface area contributed by atoms with Gasteiger partial charge in [-0.2, -0.15) is 18.3 Å². The molecular weight excluding hydrogens is 479 g/mol. The van der Waals surface area contributed by atoms with Crippen molar-refractivity contribution in [3.05, 3.63) is 113 Å². The molecule has 0 atom stereocenters. The van der Waals surface area contributed by atoms with Gasteiger partial charge in [0.05, 0.1) is 11.8 Å². The van der Waals surface area contributed by atoms with Crippen molar-refractivity contribution in [3.63, 3.8) is 0 Å². The van der Waals surface area contributed by atoms with Crippen molar-refractivity contribution in [2.24, 2.45) is 0 Å². The summed E-state index contributed by atoms with van der Waals surface area (Å²) in [5.41, 5.74) is 3.32. The molecule has 0 spiro atoms. The van der Waals surface area contributed by atoms with E-state index in [2.05, 4.69) is 27.2 Å². The summed E-state index contributed by atoms with van der Waals surface area (Å²) in [6.07, 6.45) is 2.05. The zero-order chi connectivity index (χ0) is 26.2. The van der Waals surface area contributed by atoms with Crippen LogP contribution in [0.1, 0.15) is 38.3 Å². The van der Waals surface area contributed by atoms with E-state index in [0.717, 1.165) is 23.3 Å². The van der Waals surface area contributed by atoms with E-state index < -0.39 is 17.6 Å². The van der Waals surface area contributed by atoms with Crippen LogP contribution in [0.15, 0.2) is 79.4 Å². The molecule has 0 aliphatic carbocycles. The SMILES string of the molecule is Cc1ccn(-c2cc(NC(=O)c3ccc(C)c(C#Cc4cnc5cccnn45)c3)cc(C(F)(F)F)c2)c1. The van der Waals surface area contributed by atoms with Crippen molar-refractivity contribution in [3.8, 4) is 17.5 Å². The molecule has 3 aromatic heterocycles. The molecule has 5 rings (SSSR count). The smallest absolute Gasteiger partial charge is 0.324 e. The molecule has 0 radical (unpaired) electrons. The summed E-state index contributed by atoms with van der Waals surface area (Å²) in [6.45, 7) is 3.70. The number of halogens is 3. The fraction of sp³-hybridized carbons (Fsp3) is 0.107. The summed E-state index contributed by atoms with van der Waals surface area (Å²) in [5.74, 6) is 5.52. The average molecular weight is 499 g/mol. The van der Waals surface area contributed by atoms with Gasteiger partial charge < -0.3 is 9.88 Å². The zero-order valence-corrected chi connectivity index (χ0v) is 19.8. The Morgan fingerprint density at radius 1 is 1.03 bits per heavy atom. The predicted octanol–water partition coefficient (Wildman–Crippen LogP) is 5.81. The summed E-state index contributed by atoms with van der Waals surface area (Å²) in [5, 5.41) is 6.83. The molecule has 0 saturated heterocycles. The van der Waals surface area contributed by atoms with Crippen LogP contribution in [0.3, 0.4) is 0 Å². The summed E-state index contributed by atoms with van der Waals surface area (Å²) < 4.78 is 43.9. The van der Waals surface area contributed by atoms with E-state index in [1.54, 1.807) is 64.2 Å². The zero-order valence-electron chi connectivity index (χ0n) is 19.8. The van der Waals surface area contributed by atoms with E-state index in [1.165, 1.54) is 6.07 Å². The number of carbonyl (C=O) groups is 1. The molecule has 3 heterocycles. The topological polar surface area (TPSA) is 64.2 Å². The second-order valence-electron chi connectivity index (χ2n) is 8.53. The molecule has 0 aliphatic rings. The molecule has 1 amide bonds. The number of anilines is 1. The van der Waals surface area contributed by atoms with Gasteiger partial charge in [0.15, 0.2) is 5.65 Å². The van der Waals surface area contributed by atoms with E-state index in [1.807, 2.05) is 19.9 Å². The number of hydrogen-bond donors (Lipinski definition) is 1. The van der Waals surface area contributed by atoms with E-state index >= 15 is 0 Å². The molecule has 1 N–H and O–H groups in total. The van der Waals surface area contributed by atoms with Crippen LogP contribution < -0.4 is 5.32 Å². The fourth-order valence-corrected chi connectivity index (χ4v) is 3.81. The highest BCUT2D eigenvalue weighted by molar-refractivity contribution is 6.04. The first-order valence-corrected chi connectivity index (χ1v) is 11.3. The van der Waals surface area contributed by atoms with Crippen LogP contribution in [0.25, 0.3) is 11.3 Å². The van der Waals surface area contributed by atoms with Crippen LogP contribution in [0, 0.1) is 25.7 Å². The number of rotatable bonds is 3. The standard InChI is InChI=1S/C28H20F3N5O/c1-18-9-11-35(17-18)25-14-22(28(29,30)31)13-23(15-25)34-27(37)21-6-5-19(2)20(12-21)7-8-24-16-32-26-4-3-10-33-36(24)26/h3-6,9-17H,1-2H3,(H,34,37). The highest BCUT2D eigenvalue weighted by Crippen LogP contribution is 2.33. The molecule has 0 fully saturated rings. The second-order valence-corrected chi connectivity index (χ2v) is 8.53. The van der Waals surface area contributed by atoms with E-state index in [0.29, 0.717) is 16.9 Å². The third-order valence-electron chi connectivity index (χ3n) is 5.74. The Bertz CT molecular complexity index is 1700. The fourth-order valence-electron chi connectivity index (χ4n) is 3.81. The quantitative estimate of drug-likeness (QED) is 0.319. The summed E-state index contributed by atoms with van der Waals surface area (Å²) in [7, 11) is 0. The van der Waals surface area contributed by atoms with Gasteiger partial charge in [-0.25, -0.2) is 9.50 Å². The molecule has 6 nitrogen and oxygen atoms in total. The molecule has 2 aromatic carbocycles. The molecule has 184 valence electrons. The Morgan fingerprint density at radius 3 is 2.62 bits per heavy atom. The number of hydrogen-bond acceptors (Lipinski definition) is 3. The number of fused-ring (bicyclic) bond motifs is 1. The van der Waals surface area contributed by atoms with Crippen LogP contribution in [-0.2, 0) is 6.18 Å². The predicted molar refractivity (Wildman–Crippen MR) is 134 cm³/mol. The summed E-state index contributed by atoms with van der Waals surface area (Å²) in [4.78, 5) is 17.3. The maximum atomic E-state index is 13.6. The highest BCUT2D eigenvalue weighted by atomic mass is 19.4. The van der Waals surface area contributed by atoms with Gasteiger partial charge in [0, 0.05) is 41.1 Å². The van der Waals surface area contributed by atoms with Crippen LogP contribution in [0.5, 0.6) is 0 Å². The van der Waals surface area contributed by atoms with Gasteiger partial charge in [-0.15, -0.1) is 0 Å². The van der Waals surface area contributed by atoms with Gasteiger partial charge in [-0.05, 0) is 79.4 Å². The first-order chi connectivity index (χ1) is 17.7. The Kier molecular flexibility index (Phi) is 6.01. The molecule has 0 bridgehead atoms. The number of nitrogens with zero attached hydrogens (tertiary/aromatic N) is 4. The van der Waals surface area contributed by atoms with E-state index in [9.17, 15) is 18.0 Å². The Balaban J connectivity index is 1.45. The number of carbonyl (C=O) groups excluding carboxylic acids is 1. The van der Waals surface area contributed by atoms with Crippen molar-refractivity contribution in [2.75, 3.05) is 5.32 Å². The van der Waals surface area contributed by atoms with Crippen LogP contribution in [-0.4, -0.2) is 25.1 Å². The molecule has 9 heteroatoms. The highest BCUT2D eigenvalue weighted by Gasteiger charge is 2.31. The van der Waals surface area contributed by atoms with E-state index in [4.69, 9.17) is 0 Å². The minimum absolute atomic E-state index is 0.0335. The molecule has 0 saturated carbocycles. The van der Waals surface area contributed by atoms with Crippen molar-refractivity contribution >= 4 is 17.2 Å². The molecule has 0 unspecified atom stereocenters. The number of amides is 1. The van der Waals surface area contributed by atoms with Gasteiger partial charge in [0.1, 0.15) is 5.69 Å². The maximum absolute atomic E-state index is 13.6. The monoisotopic (exact) mass is 499 g/mol. The normalized spacial score (nSPS) is 11.3. The first-order valence-electron chi connectivity index (χ1n) is 11.3. The van der Waals surface area contributed by atoms with Gasteiger partial charge in [0.25, 0.3) is 5.91 Å². The third-order valence-corrected chi connectivity index (χ3v) is 5.74. The van der Waals surface area contributed by atoms with Crippen molar-refractivity contribution in [1.29, 1.82) is 0 Å². The van der Waals surface area contributed by atoms with Gasteiger partial charge in [-0.3, -0.25) is 4.79 Å². The van der Waals surface area contributed by atoms with Crippen molar-refractivity contribution < 1.29 is 18.0 Å². The third kappa shape index (κ3) is 5.09. The second kappa shape index (κ2) is 9.32. The lowest BCUT2D eigenvalue weighted by Crippen LogP contribution is -2.14. The summed E-state index contributed by atoms with van der Waals surface area (Å²) in [6, 6.07) is 13.8. The first kappa shape index (κ1) is 23.9. The average Bonchev–Trinajstić information content (AvgIpc) is 3.49. The minimum Gasteiger partial charge on any atom is -0.324 e. The lowest BCUT2D eigenvalue weighted by atomic mass is 10.0. The Morgan fingerprint density at radius 2 is 1.86 bits per heavy atom. The number of benzene rings is 2. The lowest BCUT2D eigenvalue weighted by Gasteiger charge is -2.14. The lowest BCUT2D eigenvalue weighted by molar-refractivity contribution is -0.137. The van der Waals surface area contributed by atoms with Crippen molar-refractivity contribution in [2.45, 2.75) is 20.0 Å². The number of alkyl halides is 3. The number of nitrogens with one attached hydrogen (secondary N) is 1. The van der Waals surface area contributed by atoms with E-state index in [-0.39, 0.29) is 16.9 Å². The number of aryl methyl sites for hydroxylation is 2. The minimum atomic E-state index is -4.57. The molecule has 0 aliphatic heterocycles. The molecule has 5 aromatic rings. The van der Waals surface area contributed by atoms with Crippen molar-refractivity contribution in [1.82, 2.24) is 19.2 Å². The van der Waals surface area contributed by atoms with Crippen LogP contribution in [0.2, 0.25) is 0 Å². The van der Waals surface area contributed by atoms with Gasteiger partial charge in [0.2, 0.25) is 0 Å². The van der Waals surface area contributed by atoms with Crippen LogP contribution >= 0.6 is 0 Å². The van der Waals surface area contributed by atoms with Gasteiger partial charge in [-0.1, -0.05) is 12.0 Å². The van der Waals surface area contributed by atoms with Crippen LogP contribution in [0.4, 0.5) is 18.9 Å². The largest absolute Gasteiger partial charge is 0.416 e. The number of imidazole rings is 1. The molecule has 37 heavy (non-hydrogen) atoms. The summed E-state index contributed by atoms with van der Waals surface area (Å²) >= 11 is 0.